The summed E-state index contributed by atoms with van der Waals surface area (Å²) < 4.78 is 40.8. The molecule has 1 aliphatic heterocycles. The summed E-state index contributed by atoms with van der Waals surface area (Å²) >= 11 is 0. The smallest absolute Gasteiger partial charge is 0.367 e. The Kier molecular flexibility index (Phi) is 5.40. The van der Waals surface area contributed by atoms with Crippen LogP contribution in [0.2, 0.25) is 0 Å². The number of amides is 1. The molecule has 0 aromatic heterocycles. The summed E-state index contributed by atoms with van der Waals surface area (Å²) in [6.45, 7) is 11.1. The summed E-state index contributed by atoms with van der Waals surface area (Å²) in [5.74, 6) is -0.0397. The summed E-state index contributed by atoms with van der Waals surface area (Å²) in [5, 5.41) is 0. The molecule has 2 rings (SSSR count). The fraction of sp³-hybridized carbons (Fsp3) is 0.632. The zero-order valence-corrected chi connectivity index (χ0v) is 15.6. The van der Waals surface area contributed by atoms with Gasteiger partial charge in [-0.1, -0.05) is 40.7 Å². The van der Waals surface area contributed by atoms with Crippen LogP contribution in [0.5, 0.6) is 0 Å². The molecule has 1 heterocycles. The Morgan fingerprint density at radius 3 is 2.04 bits per heavy atom. The number of rotatable bonds is 2. The van der Waals surface area contributed by atoms with E-state index in [1.165, 1.54) is 6.07 Å². The third-order valence-electron chi connectivity index (χ3n) is 4.59. The first-order valence-corrected chi connectivity index (χ1v) is 8.66. The molecule has 0 radical (unpaired) electrons. The number of carbonyl (C=O) groups is 1. The lowest BCUT2D eigenvalue weighted by Crippen LogP contribution is -2.50. The van der Waals surface area contributed by atoms with E-state index in [0.717, 1.165) is 0 Å². The highest BCUT2D eigenvalue weighted by atomic mass is 19.4. The largest absolute Gasteiger partial charge is 0.418 e. The van der Waals surface area contributed by atoms with Gasteiger partial charge in [0.25, 0.3) is 0 Å². The number of hydrogen-bond donors (Lipinski definition) is 0. The van der Waals surface area contributed by atoms with Crippen molar-refractivity contribution in [2.75, 3.05) is 31.1 Å². The maximum atomic E-state index is 13.6. The highest BCUT2D eigenvalue weighted by Crippen LogP contribution is 2.39. The normalized spacial score (nSPS) is 16.5. The van der Waals surface area contributed by atoms with Gasteiger partial charge in [0.05, 0.1) is 5.56 Å². The molecule has 1 amide bonds. The minimum absolute atomic E-state index is 0.0544. The van der Waals surface area contributed by atoms with Gasteiger partial charge in [-0.25, -0.2) is 0 Å². The second-order valence-electron chi connectivity index (χ2n) is 7.95. The first kappa shape index (κ1) is 19.6. The molecule has 1 saturated heterocycles. The molecule has 0 unspecified atom stereocenters. The van der Waals surface area contributed by atoms with Gasteiger partial charge in [-0.2, -0.15) is 13.2 Å². The number of carbonyl (C=O) groups excluding carboxylic acids is 1. The Labute approximate surface area is 147 Å². The maximum Gasteiger partial charge on any atom is 0.418 e. The van der Waals surface area contributed by atoms with E-state index in [-0.39, 0.29) is 22.9 Å². The molecule has 0 N–H and O–H groups in total. The SMILES string of the molecule is CC(C)C(=O)N1CCN(c2ccc(C(C)(C)C)cc2C(F)(F)F)CC1. The van der Waals surface area contributed by atoms with E-state index in [4.69, 9.17) is 0 Å². The van der Waals surface area contributed by atoms with Crippen LogP contribution in [0.1, 0.15) is 45.7 Å². The van der Waals surface area contributed by atoms with Crippen molar-refractivity contribution >= 4 is 11.6 Å². The Bertz CT molecular complexity index is 625. The first-order valence-electron chi connectivity index (χ1n) is 8.66. The number of halogens is 3. The topological polar surface area (TPSA) is 23.6 Å². The fourth-order valence-corrected chi connectivity index (χ4v) is 3.04. The van der Waals surface area contributed by atoms with Crippen LogP contribution in [0.4, 0.5) is 18.9 Å². The number of hydrogen-bond acceptors (Lipinski definition) is 2. The molecule has 3 nitrogen and oxygen atoms in total. The summed E-state index contributed by atoms with van der Waals surface area (Å²) in [4.78, 5) is 15.5. The van der Waals surface area contributed by atoms with Crippen LogP contribution in [0.15, 0.2) is 18.2 Å². The van der Waals surface area contributed by atoms with Gasteiger partial charge in [-0.3, -0.25) is 4.79 Å². The predicted molar refractivity (Wildman–Crippen MR) is 93.8 cm³/mol. The van der Waals surface area contributed by atoms with Crippen molar-refractivity contribution in [2.24, 2.45) is 5.92 Å². The number of anilines is 1. The minimum atomic E-state index is -4.40. The van der Waals surface area contributed by atoms with Gasteiger partial charge < -0.3 is 9.80 Å². The number of alkyl halides is 3. The predicted octanol–water partition coefficient (Wildman–Crippen LogP) is 4.31. The van der Waals surface area contributed by atoms with Gasteiger partial charge in [0.15, 0.2) is 0 Å². The summed E-state index contributed by atoms with van der Waals surface area (Å²) in [7, 11) is 0. The first-order chi connectivity index (χ1) is 11.4. The van der Waals surface area contributed by atoms with Crippen LogP contribution in [-0.2, 0) is 16.4 Å². The monoisotopic (exact) mass is 356 g/mol. The summed E-state index contributed by atoms with van der Waals surface area (Å²) in [6, 6.07) is 4.61. The average Bonchev–Trinajstić information content (AvgIpc) is 2.52. The number of piperazine rings is 1. The summed E-state index contributed by atoms with van der Waals surface area (Å²) in [6.07, 6.45) is -4.40. The average molecular weight is 356 g/mol. The quantitative estimate of drug-likeness (QED) is 0.788. The van der Waals surface area contributed by atoms with Gasteiger partial charge in [-0.05, 0) is 23.1 Å². The molecule has 140 valence electrons. The van der Waals surface area contributed by atoms with Crippen LogP contribution >= 0.6 is 0 Å². The van der Waals surface area contributed by atoms with E-state index in [1.807, 2.05) is 34.6 Å². The molecule has 1 fully saturated rings. The van der Waals surface area contributed by atoms with Crippen LogP contribution in [-0.4, -0.2) is 37.0 Å². The van der Waals surface area contributed by atoms with Crippen molar-refractivity contribution in [1.29, 1.82) is 0 Å². The second-order valence-corrected chi connectivity index (χ2v) is 7.95. The van der Waals surface area contributed by atoms with E-state index >= 15 is 0 Å². The highest BCUT2D eigenvalue weighted by Gasteiger charge is 2.37. The van der Waals surface area contributed by atoms with Gasteiger partial charge in [0, 0.05) is 37.8 Å². The van der Waals surface area contributed by atoms with Crippen molar-refractivity contribution in [3.05, 3.63) is 29.3 Å². The third kappa shape index (κ3) is 4.47. The lowest BCUT2D eigenvalue weighted by atomic mass is 9.85. The molecule has 1 aliphatic rings. The second kappa shape index (κ2) is 6.89. The maximum absolute atomic E-state index is 13.6. The minimum Gasteiger partial charge on any atom is -0.367 e. The van der Waals surface area contributed by atoms with Gasteiger partial charge in [0.1, 0.15) is 0 Å². The van der Waals surface area contributed by atoms with Crippen LogP contribution < -0.4 is 4.90 Å². The molecule has 6 heteroatoms. The molecule has 1 aromatic rings. The third-order valence-corrected chi connectivity index (χ3v) is 4.59. The van der Waals surface area contributed by atoms with E-state index in [1.54, 1.807) is 21.9 Å². The Hall–Kier alpha value is -1.72. The van der Waals surface area contributed by atoms with E-state index in [0.29, 0.717) is 31.7 Å². The lowest BCUT2D eigenvalue weighted by molar-refractivity contribution is -0.138. The van der Waals surface area contributed by atoms with Gasteiger partial charge in [-0.15, -0.1) is 0 Å². The lowest BCUT2D eigenvalue weighted by Gasteiger charge is -2.38. The van der Waals surface area contributed by atoms with E-state index in [9.17, 15) is 18.0 Å². The van der Waals surface area contributed by atoms with E-state index < -0.39 is 11.7 Å². The van der Waals surface area contributed by atoms with Crippen LogP contribution in [0.3, 0.4) is 0 Å². The van der Waals surface area contributed by atoms with E-state index in [2.05, 4.69) is 0 Å². The molecule has 0 saturated carbocycles. The van der Waals surface area contributed by atoms with Crippen molar-refractivity contribution in [2.45, 2.75) is 46.2 Å². The van der Waals surface area contributed by atoms with Crippen LogP contribution in [0.25, 0.3) is 0 Å². The molecule has 0 bridgehead atoms. The Morgan fingerprint density at radius 2 is 1.60 bits per heavy atom. The summed E-state index contributed by atoms with van der Waals surface area (Å²) in [5.41, 5.74) is -0.0705. The Morgan fingerprint density at radius 1 is 1.04 bits per heavy atom. The van der Waals surface area contributed by atoms with Crippen molar-refractivity contribution in [3.8, 4) is 0 Å². The Balaban J connectivity index is 2.27. The van der Waals surface area contributed by atoms with Crippen molar-refractivity contribution < 1.29 is 18.0 Å². The van der Waals surface area contributed by atoms with Crippen molar-refractivity contribution in [3.63, 3.8) is 0 Å². The number of benzene rings is 1. The molecule has 0 aliphatic carbocycles. The van der Waals surface area contributed by atoms with Crippen molar-refractivity contribution in [1.82, 2.24) is 4.90 Å². The fourth-order valence-electron chi connectivity index (χ4n) is 3.04. The zero-order valence-electron chi connectivity index (χ0n) is 15.6. The molecule has 0 spiro atoms. The molecule has 25 heavy (non-hydrogen) atoms. The molecular formula is C19H27F3N2O. The molecule has 0 atom stereocenters. The molecule has 1 aromatic carbocycles. The standard InChI is InChI=1S/C19H27F3N2O/c1-13(2)17(25)24-10-8-23(9-11-24)16-7-6-14(18(3,4)5)12-15(16)19(20,21)22/h6-7,12-13H,8-11H2,1-5H3. The highest BCUT2D eigenvalue weighted by molar-refractivity contribution is 5.78. The van der Waals surface area contributed by atoms with Gasteiger partial charge in [0.2, 0.25) is 5.91 Å². The molecular weight excluding hydrogens is 329 g/mol. The van der Waals surface area contributed by atoms with Crippen LogP contribution in [0, 0.1) is 5.92 Å². The number of nitrogens with zero attached hydrogens (tertiary/aromatic N) is 2. The van der Waals surface area contributed by atoms with Gasteiger partial charge >= 0.3 is 6.18 Å². The zero-order chi connectivity index (χ0) is 19.0.